The third kappa shape index (κ3) is 2.79. The molecule has 1 aromatic carbocycles. The van der Waals surface area contributed by atoms with Gasteiger partial charge in [0, 0.05) is 22.8 Å². The predicted octanol–water partition coefficient (Wildman–Crippen LogP) is 4.32. The van der Waals surface area contributed by atoms with Crippen LogP contribution in [0.3, 0.4) is 0 Å². The third-order valence-electron chi connectivity index (χ3n) is 2.86. The Labute approximate surface area is 131 Å². The highest BCUT2D eigenvalue weighted by Gasteiger charge is 2.34. The molecule has 1 N–H and O–H groups in total. The molecule has 0 radical (unpaired) electrons. The number of hydrogen-bond donors (Lipinski definition) is 1. The standard InChI is InChI=1S/C13H7ClF3N3OS/c14-7-1-2-9(8(5-7)13(15,16)17)18-11(21)10-6-20-3-4-22-12(20)19-10/h1-6H,(H,18,21). The van der Waals surface area contributed by atoms with Crippen molar-refractivity contribution in [2.45, 2.75) is 6.18 Å². The zero-order valence-corrected chi connectivity index (χ0v) is 12.3. The van der Waals surface area contributed by atoms with Gasteiger partial charge in [-0.05, 0) is 18.2 Å². The van der Waals surface area contributed by atoms with Crippen molar-refractivity contribution < 1.29 is 18.0 Å². The Morgan fingerprint density at radius 1 is 1.36 bits per heavy atom. The van der Waals surface area contributed by atoms with Gasteiger partial charge >= 0.3 is 6.18 Å². The molecular weight excluding hydrogens is 339 g/mol. The van der Waals surface area contributed by atoms with E-state index in [2.05, 4.69) is 10.3 Å². The quantitative estimate of drug-likeness (QED) is 0.752. The van der Waals surface area contributed by atoms with Crippen molar-refractivity contribution in [1.29, 1.82) is 0 Å². The van der Waals surface area contributed by atoms with Crippen LogP contribution in [0.4, 0.5) is 18.9 Å². The molecule has 2 heterocycles. The van der Waals surface area contributed by atoms with Crippen LogP contribution < -0.4 is 5.32 Å². The Balaban J connectivity index is 1.92. The first-order valence-corrected chi connectivity index (χ1v) is 7.20. The molecule has 0 fully saturated rings. The summed E-state index contributed by atoms with van der Waals surface area (Å²) in [6.45, 7) is 0. The molecule has 0 aliphatic carbocycles. The SMILES string of the molecule is O=C(Nc1ccc(Cl)cc1C(F)(F)F)c1cn2ccsc2n1. The number of carbonyl (C=O) groups is 1. The number of fused-ring (bicyclic) bond motifs is 1. The van der Waals surface area contributed by atoms with Crippen molar-refractivity contribution in [2.75, 3.05) is 5.32 Å². The second-order valence-electron chi connectivity index (χ2n) is 4.36. The number of imidazole rings is 1. The Morgan fingerprint density at radius 3 is 2.82 bits per heavy atom. The molecule has 1 amide bonds. The van der Waals surface area contributed by atoms with E-state index >= 15 is 0 Å². The minimum Gasteiger partial charge on any atom is -0.320 e. The van der Waals surface area contributed by atoms with Gasteiger partial charge < -0.3 is 5.32 Å². The van der Waals surface area contributed by atoms with Crippen molar-refractivity contribution >= 4 is 39.5 Å². The monoisotopic (exact) mass is 345 g/mol. The van der Waals surface area contributed by atoms with Gasteiger partial charge in [-0.3, -0.25) is 9.20 Å². The second-order valence-corrected chi connectivity index (χ2v) is 5.67. The van der Waals surface area contributed by atoms with Crippen LogP contribution in [0.2, 0.25) is 5.02 Å². The summed E-state index contributed by atoms with van der Waals surface area (Å²) in [5.74, 6) is -0.719. The second kappa shape index (κ2) is 5.29. The summed E-state index contributed by atoms with van der Waals surface area (Å²) >= 11 is 6.90. The largest absolute Gasteiger partial charge is 0.418 e. The lowest BCUT2D eigenvalue weighted by molar-refractivity contribution is -0.136. The van der Waals surface area contributed by atoms with Crippen LogP contribution in [0, 0.1) is 0 Å². The highest BCUT2D eigenvalue weighted by atomic mass is 35.5. The van der Waals surface area contributed by atoms with E-state index in [0.717, 1.165) is 12.1 Å². The van der Waals surface area contributed by atoms with Gasteiger partial charge in [0.15, 0.2) is 4.96 Å². The molecule has 4 nitrogen and oxygen atoms in total. The molecule has 9 heteroatoms. The van der Waals surface area contributed by atoms with E-state index in [1.807, 2.05) is 0 Å². The van der Waals surface area contributed by atoms with Gasteiger partial charge in [0.2, 0.25) is 0 Å². The Morgan fingerprint density at radius 2 is 2.14 bits per heavy atom. The van der Waals surface area contributed by atoms with Gasteiger partial charge in [0.1, 0.15) is 5.69 Å². The van der Waals surface area contributed by atoms with E-state index < -0.39 is 17.6 Å². The number of carbonyl (C=O) groups excluding carboxylic acids is 1. The molecule has 0 aliphatic heterocycles. The zero-order chi connectivity index (χ0) is 15.9. The van der Waals surface area contributed by atoms with Gasteiger partial charge in [0.25, 0.3) is 5.91 Å². The number of alkyl halides is 3. The summed E-state index contributed by atoms with van der Waals surface area (Å²) in [4.78, 5) is 16.7. The van der Waals surface area contributed by atoms with Gasteiger partial charge in [-0.1, -0.05) is 11.6 Å². The Bertz CT molecular complexity index is 827. The number of halogens is 4. The normalized spacial score (nSPS) is 11.8. The smallest absolute Gasteiger partial charge is 0.320 e. The van der Waals surface area contributed by atoms with E-state index in [9.17, 15) is 18.0 Å². The summed E-state index contributed by atoms with van der Waals surface area (Å²) in [5, 5.41) is 3.94. The van der Waals surface area contributed by atoms with Crippen LogP contribution in [0.5, 0.6) is 0 Å². The minimum atomic E-state index is -4.62. The first-order chi connectivity index (χ1) is 10.3. The van der Waals surface area contributed by atoms with Crippen LogP contribution in [0.1, 0.15) is 16.1 Å². The minimum absolute atomic E-state index is 0.0370. The number of benzene rings is 1. The fraction of sp³-hybridized carbons (Fsp3) is 0.0769. The van der Waals surface area contributed by atoms with Gasteiger partial charge in [-0.25, -0.2) is 4.98 Å². The molecule has 0 aliphatic rings. The number of thiazole rings is 1. The van der Waals surface area contributed by atoms with E-state index in [0.29, 0.717) is 4.96 Å². The summed E-state index contributed by atoms with van der Waals surface area (Å²) in [6.07, 6.45) is -1.47. The molecule has 0 bridgehead atoms. The molecule has 22 heavy (non-hydrogen) atoms. The third-order valence-corrected chi connectivity index (χ3v) is 3.87. The zero-order valence-electron chi connectivity index (χ0n) is 10.7. The number of nitrogens with one attached hydrogen (secondary N) is 1. The van der Waals surface area contributed by atoms with Crippen molar-refractivity contribution in [3.8, 4) is 0 Å². The van der Waals surface area contributed by atoms with Crippen LogP contribution in [0.15, 0.2) is 36.0 Å². The lowest BCUT2D eigenvalue weighted by atomic mass is 10.1. The topological polar surface area (TPSA) is 46.4 Å². The van der Waals surface area contributed by atoms with E-state index in [-0.39, 0.29) is 16.4 Å². The van der Waals surface area contributed by atoms with Crippen LogP contribution in [-0.2, 0) is 6.18 Å². The van der Waals surface area contributed by atoms with E-state index in [1.165, 1.54) is 23.6 Å². The number of anilines is 1. The summed E-state index contributed by atoms with van der Waals surface area (Å²) in [5.41, 5.74) is -1.33. The van der Waals surface area contributed by atoms with Crippen molar-refractivity contribution in [2.24, 2.45) is 0 Å². The molecule has 0 saturated heterocycles. The molecule has 0 unspecified atom stereocenters. The number of rotatable bonds is 2. The molecule has 2 aromatic heterocycles. The summed E-state index contributed by atoms with van der Waals surface area (Å²) in [7, 11) is 0. The van der Waals surface area contributed by atoms with E-state index in [4.69, 9.17) is 11.6 Å². The number of nitrogens with zero attached hydrogens (tertiary/aromatic N) is 2. The molecule has 3 aromatic rings. The van der Waals surface area contributed by atoms with Crippen molar-refractivity contribution in [1.82, 2.24) is 9.38 Å². The lowest BCUT2D eigenvalue weighted by Gasteiger charge is -2.13. The maximum atomic E-state index is 13.0. The molecule has 0 saturated carbocycles. The predicted molar refractivity (Wildman–Crippen MR) is 77.5 cm³/mol. The lowest BCUT2D eigenvalue weighted by Crippen LogP contribution is -2.17. The molecule has 0 atom stereocenters. The Kier molecular flexibility index (Phi) is 3.57. The summed E-state index contributed by atoms with van der Waals surface area (Å²) in [6, 6.07) is 3.16. The maximum absolute atomic E-state index is 13.0. The first-order valence-electron chi connectivity index (χ1n) is 5.95. The molecule has 3 rings (SSSR count). The first kappa shape index (κ1) is 14.9. The highest BCUT2D eigenvalue weighted by molar-refractivity contribution is 7.15. The number of hydrogen-bond acceptors (Lipinski definition) is 3. The highest BCUT2D eigenvalue weighted by Crippen LogP contribution is 2.36. The van der Waals surface area contributed by atoms with Crippen LogP contribution in [0.25, 0.3) is 4.96 Å². The average molecular weight is 346 g/mol. The molecule has 0 spiro atoms. The van der Waals surface area contributed by atoms with Gasteiger partial charge in [0.05, 0.1) is 11.3 Å². The molecular formula is C13H7ClF3N3OS. The Hall–Kier alpha value is -2.06. The van der Waals surface area contributed by atoms with Gasteiger partial charge in [-0.2, -0.15) is 13.2 Å². The van der Waals surface area contributed by atoms with Crippen molar-refractivity contribution in [3.05, 3.63) is 52.3 Å². The average Bonchev–Trinajstić information content (AvgIpc) is 3.00. The fourth-order valence-corrected chi connectivity index (χ4v) is 2.76. The fourth-order valence-electron chi connectivity index (χ4n) is 1.88. The van der Waals surface area contributed by atoms with Crippen molar-refractivity contribution in [3.63, 3.8) is 0 Å². The summed E-state index contributed by atoms with van der Waals surface area (Å²) < 4.78 is 40.5. The molecule has 114 valence electrons. The maximum Gasteiger partial charge on any atom is 0.418 e. The van der Waals surface area contributed by atoms with Crippen LogP contribution in [-0.4, -0.2) is 15.3 Å². The number of aromatic nitrogens is 2. The van der Waals surface area contributed by atoms with E-state index in [1.54, 1.807) is 16.0 Å². The number of amides is 1. The van der Waals surface area contributed by atoms with Gasteiger partial charge in [-0.15, -0.1) is 11.3 Å². The van der Waals surface area contributed by atoms with Crippen LogP contribution >= 0.6 is 22.9 Å².